The Hall–Kier alpha value is -2.58. The molecule has 0 atom stereocenters. The topological polar surface area (TPSA) is 105 Å². The number of hydrogen-bond donors (Lipinski definition) is 2. The number of Topliss-reactive ketones (excluding diaryl/α,β-unsaturated/α-hetero) is 1. The molecule has 0 spiro atoms. The van der Waals surface area contributed by atoms with Gasteiger partial charge in [-0.3, -0.25) is 9.59 Å². The van der Waals surface area contributed by atoms with Gasteiger partial charge in [0.05, 0.1) is 4.90 Å². The summed E-state index contributed by atoms with van der Waals surface area (Å²) in [6.07, 6.45) is 1.50. The van der Waals surface area contributed by atoms with E-state index in [0.717, 1.165) is 0 Å². The Bertz CT molecular complexity index is 835. The lowest BCUT2D eigenvalue weighted by atomic mass is 10.2. The first-order valence-electron chi connectivity index (χ1n) is 7.20. The van der Waals surface area contributed by atoms with E-state index < -0.39 is 10.0 Å². The number of carbonyl (C=O) groups is 2. The number of aromatic nitrogens is 1. The van der Waals surface area contributed by atoms with Crippen LogP contribution in [0.25, 0.3) is 0 Å². The van der Waals surface area contributed by atoms with Crippen LogP contribution >= 0.6 is 0 Å². The highest BCUT2D eigenvalue weighted by Crippen LogP contribution is 2.12. The van der Waals surface area contributed by atoms with Gasteiger partial charge < -0.3 is 5.32 Å². The number of anilines is 1. The van der Waals surface area contributed by atoms with Gasteiger partial charge in [0.25, 0.3) is 0 Å². The number of sulfonamides is 1. The van der Waals surface area contributed by atoms with Crippen molar-refractivity contribution in [3.63, 3.8) is 0 Å². The van der Waals surface area contributed by atoms with Crippen molar-refractivity contribution in [2.24, 2.45) is 0 Å². The number of carbonyl (C=O) groups excluding carboxylic acids is 2. The lowest BCUT2D eigenvalue weighted by Crippen LogP contribution is -2.28. The second kappa shape index (κ2) is 7.80. The fraction of sp³-hybridized carbons (Fsp3) is 0.188. The molecule has 0 unspecified atom stereocenters. The molecule has 1 heterocycles. The largest absolute Gasteiger partial charge is 0.311 e. The Balaban J connectivity index is 1.92. The van der Waals surface area contributed by atoms with Gasteiger partial charge >= 0.3 is 0 Å². The van der Waals surface area contributed by atoms with Crippen LogP contribution in [-0.4, -0.2) is 31.6 Å². The Morgan fingerprint density at radius 2 is 1.92 bits per heavy atom. The molecular weight excluding hydrogens is 330 g/mol. The average Bonchev–Trinajstić information content (AvgIpc) is 2.55. The Kier molecular flexibility index (Phi) is 5.78. The van der Waals surface area contributed by atoms with Crippen molar-refractivity contribution in [2.45, 2.75) is 18.2 Å². The summed E-state index contributed by atoms with van der Waals surface area (Å²) < 4.78 is 26.7. The maximum atomic E-state index is 12.2. The highest BCUT2D eigenvalue weighted by molar-refractivity contribution is 7.89. The quantitative estimate of drug-likeness (QED) is 0.740. The van der Waals surface area contributed by atoms with E-state index >= 15 is 0 Å². The van der Waals surface area contributed by atoms with Crippen molar-refractivity contribution in [1.29, 1.82) is 0 Å². The zero-order valence-corrected chi connectivity index (χ0v) is 13.8. The summed E-state index contributed by atoms with van der Waals surface area (Å²) in [6, 6.07) is 10.8. The summed E-state index contributed by atoms with van der Waals surface area (Å²) in [5, 5.41) is 2.56. The predicted octanol–water partition coefficient (Wildman–Crippen LogP) is 1.59. The molecule has 24 heavy (non-hydrogen) atoms. The molecule has 0 aliphatic heterocycles. The Labute approximate surface area is 140 Å². The van der Waals surface area contributed by atoms with Crippen molar-refractivity contribution < 1.29 is 18.0 Å². The lowest BCUT2D eigenvalue weighted by molar-refractivity contribution is -0.116. The molecule has 1 aromatic carbocycles. The van der Waals surface area contributed by atoms with E-state index in [1.54, 1.807) is 30.5 Å². The highest BCUT2D eigenvalue weighted by atomic mass is 32.2. The highest BCUT2D eigenvalue weighted by Gasteiger charge is 2.15. The SMILES string of the molecule is CC(=O)c1cccc(S(=O)(=O)NCCC(=O)Nc2ccccn2)c1. The van der Waals surface area contributed by atoms with Gasteiger partial charge in [-0.2, -0.15) is 0 Å². The molecule has 126 valence electrons. The summed E-state index contributed by atoms with van der Waals surface area (Å²) >= 11 is 0. The second-order valence-corrected chi connectivity index (χ2v) is 6.76. The molecule has 0 aliphatic carbocycles. The van der Waals surface area contributed by atoms with Crippen LogP contribution in [0, 0.1) is 0 Å². The van der Waals surface area contributed by atoms with Gasteiger partial charge in [0.2, 0.25) is 15.9 Å². The molecule has 0 fully saturated rings. The maximum Gasteiger partial charge on any atom is 0.240 e. The Morgan fingerprint density at radius 1 is 1.12 bits per heavy atom. The van der Waals surface area contributed by atoms with Crippen LogP contribution in [0.4, 0.5) is 5.82 Å². The molecule has 1 aromatic heterocycles. The van der Waals surface area contributed by atoms with Crippen LogP contribution in [0.2, 0.25) is 0 Å². The van der Waals surface area contributed by atoms with Crippen LogP contribution in [0.3, 0.4) is 0 Å². The summed E-state index contributed by atoms with van der Waals surface area (Å²) in [7, 11) is -3.78. The third-order valence-electron chi connectivity index (χ3n) is 3.13. The van der Waals surface area contributed by atoms with Crippen LogP contribution in [0.1, 0.15) is 23.7 Å². The summed E-state index contributed by atoms with van der Waals surface area (Å²) in [6.45, 7) is 1.30. The summed E-state index contributed by atoms with van der Waals surface area (Å²) in [5.74, 6) is -0.171. The van der Waals surface area contributed by atoms with Gasteiger partial charge in [-0.05, 0) is 31.2 Å². The van der Waals surface area contributed by atoms with Gasteiger partial charge in [-0.15, -0.1) is 0 Å². The minimum atomic E-state index is -3.78. The molecule has 2 aromatic rings. The smallest absolute Gasteiger partial charge is 0.240 e. The maximum absolute atomic E-state index is 12.2. The zero-order valence-electron chi connectivity index (χ0n) is 13.0. The van der Waals surface area contributed by atoms with E-state index in [9.17, 15) is 18.0 Å². The van der Waals surface area contributed by atoms with Crippen molar-refractivity contribution in [3.05, 3.63) is 54.2 Å². The number of benzene rings is 1. The minimum absolute atomic E-state index is 0.0136. The number of amides is 1. The number of hydrogen-bond acceptors (Lipinski definition) is 5. The Morgan fingerprint density at radius 3 is 2.58 bits per heavy atom. The molecule has 0 saturated carbocycles. The first-order valence-corrected chi connectivity index (χ1v) is 8.68. The van der Waals surface area contributed by atoms with Gasteiger partial charge in [0.1, 0.15) is 5.82 Å². The molecule has 2 N–H and O–H groups in total. The molecule has 0 saturated heterocycles. The van der Waals surface area contributed by atoms with E-state index in [4.69, 9.17) is 0 Å². The average molecular weight is 347 g/mol. The van der Waals surface area contributed by atoms with Gasteiger partial charge in [-0.1, -0.05) is 18.2 Å². The molecular formula is C16H17N3O4S. The fourth-order valence-corrected chi connectivity index (χ4v) is 2.98. The van der Waals surface area contributed by atoms with E-state index in [0.29, 0.717) is 11.4 Å². The molecule has 8 heteroatoms. The van der Waals surface area contributed by atoms with Crippen molar-refractivity contribution in [2.75, 3.05) is 11.9 Å². The minimum Gasteiger partial charge on any atom is -0.311 e. The van der Waals surface area contributed by atoms with E-state index in [2.05, 4.69) is 15.0 Å². The number of nitrogens with zero attached hydrogens (tertiary/aromatic N) is 1. The zero-order chi connectivity index (χ0) is 17.6. The van der Waals surface area contributed by atoms with Crippen molar-refractivity contribution in [3.8, 4) is 0 Å². The normalized spacial score (nSPS) is 11.0. The fourth-order valence-electron chi connectivity index (χ4n) is 1.91. The molecule has 7 nitrogen and oxygen atoms in total. The number of nitrogens with one attached hydrogen (secondary N) is 2. The molecule has 2 rings (SSSR count). The van der Waals surface area contributed by atoms with E-state index in [1.807, 2.05) is 0 Å². The van der Waals surface area contributed by atoms with E-state index in [1.165, 1.54) is 25.1 Å². The number of ketones is 1. The standard InChI is InChI=1S/C16H17N3O4S/c1-12(20)13-5-4-6-14(11-13)24(22,23)18-10-8-16(21)19-15-7-2-3-9-17-15/h2-7,9,11,18H,8,10H2,1H3,(H,17,19,21). The summed E-state index contributed by atoms with van der Waals surface area (Å²) in [5.41, 5.74) is 0.311. The lowest BCUT2D eigenvalue weighted by Gasteiger charge is -2.08. The van der Waals surface area contributed by atoms with Crippen LogP contribution in [0.15, 0.2) is 53.6 Å². The van der Waals surface area contributed by atoms with Crippen molar-refractivity contribution in [1.82, 2.24) is 9.71 Å². The van der Waals surface area contributed by atoms with Gasteiger partial charge in [0, 0.05) is 24.7 Å². The van der Waals surface area contributed by atoms with Crippen LogP contribution in [0.5, 0.6) is 0 Å². The third kappa shape index (κ3) is 4.97. The van der Waals surface area contributed by atoms with Crippen LogP contribution < -0.4 is 10.0 Å². The van der Waals surface area contributed by atoms with E-state index in [-0.39, 0.29) is 29.6 Å². The summed E-state index contributed by atoms with van der Waals surface area (Å²) in [4.78, 5) is 27.0. The van der Waals surface area contributed by atoms with Gasteiger partial charge in [-0.25, -0.2) is 18.1 Å². The first-order chi connectivity index (χ1) is 11.4. The first kappa shape index (κ1) is 17.8. The molecule has 0 aliphatic rings. The number of rotatable bonds is 7. The van der Waals surface area contributed by atoms with Gasteiger partial charge in [0.15, 0.2) is 5.78 Å². The third-order valence-corrected chi connectivity index (χ3v) is 4.59. The predicted molar refractivity (Wildman–Crippen MR) is 89.1 cm³/mol. The monoisotopic (exact) mass is 347 g/mol. The molecule has 0 radical (unpaired) electrons. The second-order valence-electron chi connectivity index (χ2n) is 4.99. The molecule has 0 bridgehead atoms. The van der Waals surface area contributed by atoms with Crippen molar-refractivity contribution >= 4 is 27.5 Å². The van der Waals surface area contributed by atoms with Crippen LogP contribution in [-0.2, 0) is 14.8 Å². The molecule has 1 amide bonds. The number of pyridine rings is 1.